The van der Waals surface area contributed by atoms with Crippen molar-refractivity contribution in [1.29, 1.82) is 0 Å². The van der Waals surface area contributed by atoms with Gasteiger partial charge >= 0.3 is 0 Å². The third-order valence-corrected chi connectivity index (χ3v) is 6.41. The third-order valence-electron chi connectivity index (χ3n) is 6.41. The van der Waals surface area contributed by atoms with Crippen molar-refractivity contribution < 1.29 is 0 Å². The maximum absolute atomic E-state index is 5.88. The Kier molecular flexibility index (Phi) is 12.6. The molecule has 0 unspecified atom stereocenters. The van der Waals surface area contributed by atoms with Gasteiger partial charge in [-0.1, -0.05) is 91.9 Å². The van der Waals surface area contributed by atoms with Crippen LogP contribution in [-0.4, -0.2) is 0 Å². The lowest BCUT2D eigenvalue weighted by Gasteiger charge is -2.16. The second kappa shape index (κ2) is 14.4. The van der Waals surface area contributed by atoms with Gasteiger partial charge < -0.3 is 0 Å². The van der Waals surface area contributed by atoms with Gasteiger partial charge in [0.15, 0.2) is 0 Å². The van der Waals surface area contributed by atoms with E-state index in [0.29, 0.717) is 0 Å². The Morgan fingerprint density at radius 1 is 0.600 bits per heavy atom. The lowest BCUT2D eigenvalue weighted by Crippen LogP contribution is -2.04. The highest BCUT2D eigenvalue weighted by Gasteiger charge is 2.12. The van der Waals surface area contributed by atoms with E-state index in [1.165, 1.54) is 62.5 Å². The van der Waals surface area contributed by atoms with E-state index in [-0.39, 0.29) is 0 Å². The summed E-state index contributed by atoms with van der Waals surface area (Å²) >= 11 is 0. The Bertz CT molecular complexity index is 630. The van der Waals surface area contributed by atoms with Crippen molar-refractivity contribution in [2.24, 2.45) is 23.7 Å². The van der Waals surface area contributed by atoms with Gasteiger partial charge in [-0.05, 0) is 72.6 Å². The zero-order valence-corrected chi connectivity index (χ0v) is 20.7. The first-order valence-electron chi connectivity index (χ1n) is 12.4. The summed E-state index contributed by atoms with van der Waals surface area (Å²) in [7, 11) is 0. The van der Waals surface area contributed by atoms with Crippen molar-refractivity contribution in [2.45, 2.75) is 106 Å². The molecule has 0 heteroatoms. The van der Waals surface area contributed by atoms with Crippen LogP contribution in [0.15, 0.2) is 12.1 Å². The molecule has 0 radical (unpaired) electrons. The number of hydrogen-bond donors (Lipinski definition) is 0. The SMILES string of the molecule is C#Cc1cc(CC[C@@H](C)CCCC(C)C)c(C#C)cc1CC[C@@H](C)CCCC(C)C. The molecular weight excluding hydrogens is 360 g/mol. The number of hydrogen-bond acceptors (Lipinski definition) is 0. The fourth-order valence-electron chi connectivity index (χ4n) is 4.21. The van der Waals surface area contributed by atoms with Crippen molar-refractivity contribution >= 4 is 0 Å². The molecule has 1 aromatic rings. The number of aryl methyl sites for hydroxylation is 2. The van der Waals surface area contributed by atoms with E-state index in [1.54, 1.807) is 0 Å². The fraction of sp³-hybridized carbons (Fsp3) is 0.667. The zero-order valence-electron chi connectivity index (χ0n) is 20.7. The molecule has 1 rings (SSSR count). The smallest absolute Gasteiger partial charge is 0.0278 e. The normalized spacial score (nSPS) is 13.3. The monoisotopic (exact) mass is 406 g/mol. The van der Waals surface area contributed by atoms with Crippen LogP contribution in [0.2, 0.25) is 0 Å². The molecule has 0 N–H and O–H groups in total. The van der Waals surface area contributed by atoms with Crippen LogP contribution in [0.4, 0.5) is 0 Å². The number of terminal acetylenes is 2. The van der Waals surface area contributed by atoms with E-state index in [9.17, 15) is 0 Å². The van der Waals surface area contributed by atoms with Gasteiger partial charge in [-0.15, -0.1) is 12.8 Å². The molecule has 0 saturated heterocycles. The van der Waals surface area contributed by atoms with Crippen LogP contribution < -0.4 is 0 Å². The van der Waals surface area contributed by atoms with E-state index < -0.39 is 0 Å². The van der Waals surface area contributed by atoms with Crippen molar-refractivity contribution in [3.63, 3.8) is 0 Å². The van der Waals surface area contributed by atoms with Crippen LogP contribution in [0.1, 0.15) is 115 Å². The highest BCUT2D eigenvalue weighted by atomic mass is 14.2. The Morgan fingerprint density at radius 2 is 0.967 bits per heavy atom. The first-order chi connectivity index (χ1) is 14.3. The molecule has 0 bridgehead atoms. The topological polar surface area (TPSA) is 0 Å². The van der Waals surface area contributed by atoms with Crippen LogP contribution in [0.5, 0.6) is 0 Å². The van der Waals surface area contributed by atoms with Crippen LogP contribution in [0.25, 0.3) is 0 Å². The Balaban J connectivity index is 2.68. The summed E-state index contributed by atoms with van der Waals surface area (Å²) in [5.74, 6) is 8.93. The van der Waals surface area contributed by atoms with Crippen molar-refractivity contribution in [1.82, 2.24) is 0 Å². The summed E-state index contributed by atoms with van der Waals surface area (Å²) in [5.41, 5.74) is 4.61. The van der Waals surface area contributed by atoms with Gasteiger partial charge in [0.25, 0.3) is 0 Å². The largest absolute Gasteiger partial charge is 0.115 e. The Labute approximate surface area is 188 Å². The maximum Gasteiger partial charge on any atom is 0.0278 e. The minimum Gasteiger partial charge on any atom is -0.115 e. The fourth-order valence-corrected chi connectivity index (χ4v) is 4.21. The second-order valence-corrected chi connectivity index (χ2v) is 10.4. The van der Waals surface area contributed by atoms with Crippen LogP contribution >= 0.6 is 0 Å². The Hall–Kier alpha value is -1.66. The predicted molar refractivity (Wildman–Crippen MR) is 135 cm³/mol. The lowest BCUT2D eigenvalue weighted by atomic mass is 9.88. The standard InChI is InChI=1S/C30H46/c1-9-27-21-30(20-18-26(8)16-12-14-24(5)6)28(10-2)22-29(27)19-17-25(7)15-11-13-23(3)4/h1-2,21-26H,11-20H2,3-8H3/t25-,26-/m0/s1. The second-order valence-electron chi connectivity index (χ2n) is 10.4. The molecular formula is C30H46. The highest BCUT2D eigenvalue weighted by molar-refractivity contribution is 5.51. The highest BCUT2D eigenvalue weighted by Crippen LogP contribution is 2.24. The van der Waals surface area contributed by atoms with E-state index >= 15 is 0 Å². The lowest BCUT2D eigenvalue weighted by molar-refractivity contribution is 0.436. The first-order valence-corrected chi connectivity index (χ1v) is 12.4. The maximum atomic E-state index is 5.88. The molecule has 0 aliphatic carbocycles. The predicted octanol–water partition coefficient (Wildman–Crippen LogP) is 8.44. The van der Waals surface area contributed by atoms with Crippen LogP contribution in [0.3, 0.4) is 0 Å². The van der Waals surface area contributed by atoms with Crippen molar-refractivity contribution in [3.05, 3.63) is 34.4 Å². The molecule has 0 aliphatic heterocycles. The number of benzene rings is 1. The molecule has 0 fully saturated rings. The molecule has 0 nitrogen and oxygen atoms in total. The average Bonchev–Trinajstić information content (AvgIpc) is 2.69. The molecule has 0 aliphatic rings. The van der Waals surface area contributed by atoms with E-state index in [2.05, 4.69) is 65.5 Å². The van der Waals surface area contributed by atoms with Crippen molar-refractivity contribution in [2.75, 3.05) is 0 Å². The molecule has 0 saturated carbocycles. The third kappa shape index (κ3) is 10.4. The zero-order chi connectivity index (χ0) is 22.5. The quantitative estimate of drug-likeness (QED) is 0.272. The van der Waals surface area contributed by atoms with E-state index in [1.807, 2.05) is 0 Å². The van der Waals surface area contributed by atoms with Gasteiger partial charge in [0.2, 0.25) is 0 Å². The van der Waals surface area contributed by atoms with E-state index in [0.717, 1.165) is 47.6 Å². The molecule has 30 heavy (non-hydrogen) atoms. The van der Waals surface area contributed by atoms with Gasteiger partial charge in [-0.25, -0.2) is 0 Å². The van der Waals surface area contributed by atoms with E-state index in [4.69, 9.17) is 12.8 Å². The van der Waals surface area contributed by atoms with Crippen molar-refractivity contribution in [3.8, 4) is 24.7 Å². The molecule has 166 valence electrons. The van der Waals surface area contributed by atoms with Crippen LogP contribution in [-0.2, 0) is 12.8 Å². The minimum absolute atomic E-state index is 0.732. The number of rotatable bonds is 14. The summed E-state index contributed by atoms with van der Waals surface area (Å²) in [4.78, 5) is 0. The van der Waals surface area contributed by atoms with Crippen LogP contribution in [0, 0.1) is 48.4 Å². The molecule has 0 amide bonds. The summed E-state index contributed by atoms with van der Waals surface area (Å²) in [6.07, 6.45) is 24.1. The summed E-state index contributed by atoms with van der Waals surface area (Å²) in [5, 5.41) is 0. The van der Waals surface area contributed by atoms with Gasteiger partial charge in [0.1, 0.15) is 0 Å². The molecule has 2 atom stereocenters. The average molecular weight is 407 g/mol. The molecule has 0 spiro atoms. The molecule has 0 aromatic heterocycles. The summed E-state index contributed by atoms with van der Waals surface area (Å²) < 4.78 is 0. The first kappa shape index (κ1) is 26.4. The molecule has 1 aromatic carbocycles. The van der Waals surface area contributed by atoms with Gasteiger partial charge in [0.05, 0.1) is 0 Å². The summed E-state index contributed by atoms with van der Waals surface area (Å²) in [6.45, 7) is 14.0. The Morgan fingerprint density at radius 3 is 1.27 bits per heavy atom. The molecule has 0 heterocycles. The van der Waals surface area contributed by atoms with Gasteiger partial charge in [-0.3, -0.25) is 0 Å². The minimum atomic E-state index is 0.732. The van der Waals surface area contributed by atoms with Gasteiger partial charge in [-0.2, -0.15) is 0 Å². The van der Waals surface area contributed by atoms with Gasteiger partial charge in [0, 0.05) is 11.1 Å². The summed E-state index contributed by atoms with van der Waals surface area (Å²) in [6, 6.07) is 4.41.